The summed E-state index contributed by atoms with van der Waals surface area (Å²) in [5.74, 6) is 0.819. The van der Waals surface area contributed by atoms with Crippen LogP contribution in [-0.4, -0.2) is 29.4 Å². The Bertz CT molecular complexity index is 1330. The second-order valence-electron chi connectivity index (χ2n) is 7.80. The van der Waals surface area contributed by atoms with Gasteiger partial charge in [-0.25, -0.2) is 5.43 Å². The predicted octanol–water partition coefficient (Wildman–Crippen LogP) is 5.40. The normalized spacial score (nSPS) is 11.1. The predicted molar refractivity (Wildman–Crippen MR) is 138 cm³/mol. The van der Waals surface area contributed by atoms with E-state index in [2.05, 4.69) is 32.9 Å². The van der Waals surface area contributed by atoms with E-state index in [1.165, 1.54) is 11.8 Å². The van der Waals surface area contributed by atoms with Crippen LogP contribution >= 0.6 is 0 Å². The number of allylic oxidation sites excluding steroid dienone is 1. The van der Waals surface area contributed by atoms with Gasteiger partial charge in [0.1, 0.15) is 12.3 Å². The van der Waals surface area contributed by atoms with Crippen LogP contribution in [-0.2, 0) is 6.61 Å². The molecule has 0 unspecified atom stereocenters. The largest absolute Gasteiger partial charge is 0.493 e. The molecular formula is C28H26N4O3. The molecule has 1 amide bonds. The van der Waals surface area contributed by atoms with Gasteiger partial charge < -0.3 is 9.47 Å². The van der Waals surface area contributed by atoms with Crippen molar-refractivity contribution in [3.05, 3.63) is 107 Å². The first kappa shape index (κ1) is 23.5. The zero-order valence-corrected chi connectivity index (χ0v) is 19.6. The number of benzene rings is 3. The van der Waals surface area contributed by atoms with Crippen molar-refractivity contribution in [2.24, 2.45) is 5.10 Å². The van der Waals surface area contributed by atoms with Crippen LogP contribution in [0.15, 0.2) is 90.0 Å². The molecule has 176 valence electrons. The van der Waals surface area contributed by atoms with Gasteiger partial charge in [-0.3, -0.25) is 9.89 Å². The van der Waals surface area contributed by atoms with Gasteiger partial charge in [-0.2, -0.15) is 10.2 Å². The minimum Gasteiger partial charge on any atom is -0.493 e. The van der Waals surface area contributed by atoms with E-state index in [0.717, 1.165) is 16.7 Å². The highest BCUT2D eigenvalue weighted by atomic mass is 16.5. The number of hydrazone groups is 1. The van der Waals surface area contributed by atoms with E-state index in [1.54, 1.807) is 19.3 Å². The Balaban J connectivity index is 1.37. The average Bonchev–Trinajstić information content (AvgIpc) is 3.39. The lowest BCUT2D eigenvalue weighted by molar-refractivity contribution is 0.0950. The molecule has 0 saturated carbocycles. The molecule has 7 heteroatoms. The topological polar surface area (TPSA) is 88.6 Å². The van der Waals surface area contributed by atoms with E-state index >= 15 is 0 Å². The van der Waals surface area contributed by atoms with Crippen LogP contribution in [0.2, 0.25) is 0 Å². The van der Waals surface area contributed by atoms with Crippen LogP contribution in [0.3, 0.4) is 0 Å². The summed E-state index contributed by atoms with van der Waals surface area (Å²) in [5, 5.41) is 10.9. The second kappa shape index (κ2) is 11.5. The summed E-state index contributed by atoms with van der Waals surface area (Å²) in [6.07, 6.45) is 5.16. The van der Waals surface area contributed by atoms with E-state index in [-0.39, 0.29) is 0 Å². The molecule has 7 nitrogen and oxygen atoms in total. The molecule has 0 aliphatic carbocycles. The summed E-state index contributed by atoms with van der Waals surface area (Å²) < 4.78 is 11.5. The summed E-state index contributed by atoms with van der Waals surface area (Å²) in [6.45, 7) is 2.48. The Morgan fingerprint density at radius 2 is 1.83 bits per heavy atom. The maximum absolute atomic E-state index is 12.4. The third-order valence-electron chi connectivity index (χ3n) is 5.21. The minimum absolute atomic E-state index is 0.294. The van der Waals surface area contributed by atoms with Crippen molar-refractivity contribution in [2.75, 3.05) is 7.11 Å². The molecule has 35 heavy (non-hydrogen) atoms. The third-order valence-corrected chi connectivity index (χ3v) is 5.21. The quantitative estimate of drug-likeness (QED) is 0.255. The van der Waals surface area contributed by atoms with Crippen LogP contribution in [0, 0.1) is 6.92 Å². The maximum atomic E-state index is 12.4. The molecule has 0 saturated heterocycles. The lowest BCUT2D eigenvalue weighted by Gasteiger charge is -2.12. The van der Waals surface area contributed by atoms with E-state index in [1.807, 2.05) is 73.7 Å². The zero-order chi connectivity index (χ0) is 24.5. The molecule has 2 N–H and O–H groups in total. The number of nitrogens with zero attached hydrogens (tertiary/aromatic N) is 2. The van der Waals surface area contributed by atoms with Gasteiger partial charge in [-0.15, -0.1) is 0 Å². The first-order valence-corrected chi connectivity index (χ1v) is 11.1. The highest BCUT2D eigenvalue weighted by molar-refractivity contribution is 5.94. The molecule has 4 aromatic rings. The summed E-state index contributed by atoms with van der Waals surface area (Å²) in [5.41, 5.74) is 7.49. The van der Waals surface area contributed by atoms with E-state index in [9.17, 15) is 4.79 Å². The average molecular weight is 467 g/mol. The highest BCUT2D eigenvalue weighted by Gasteiger charge is 2.13. The standard InChI is InChI=1S/C28H26N4O3/c1-20-10-12-22(13-11-20)19-35-26-15-14-23(17-27(26)34-2)24-18-25(31-30-24)28(33)32-29-16-6-9-21-7-4-3-5-8-21/h3-18H,19H2,1-2H3,(H,30,31)(H,32,33)/b9-6+,29-16-. The SMILES string of the molecule is COc1cc(-c2cc(C(=O)N/N=C\C=C\c3ccccc3)[nH]n2)ccc1OCc1ccc(C)cc1. The molecule has 0 fully saturated rings. The number of methoxy groups -OCH3 is 1. The lowest BCUT2D eigenvalue weighted by atomic mass is 10.1. The zero-order valence-electron chi connectivity index (χ0n) is 19.6. The smallest absolute Gasteiger partial charge is 0.289 e. The van der Waals surface area contributed by atoms with Crippen LogP contribution < -0.4 is 14.9 Å². The van der Waals surface area contributed by atoms with Gasteiger partial charge in [0.05, 0.1) is 12.8 Å². The van der Waals surface area contributed by atoms with Crippen LogP contribution in [0.1, 0.15) is 27.2 Å². The van der Waals surface area contributed by atoms with Crippen LogP contribution in [0.25, 0.3) is 17.3 Å². The lowest BCUT2D eigenvalue weighted by Crippen LogP contribution is -2.17. The van der Waals surface area contributed by atoms with Crippen LogP contribution in [0.5, 0.6) is 11.5 Å². The summed E-state index contributed by atoms with van der Waals surface area (Å²) in [4.78, 5) is 12.4. The van der Waals surface area contributed by atoms with Gasteiger partial charge >= 0.3 is 0 Å². The van der Waals surface area contributed by atoms with Gasteiger partial charge in [0, 0.05) is 11.8 Å². The molecular weight excluding hydrogens is 440 g/mol. The number of carbonyl (C=O) groups is 1. The first-order valence-electron chi connectivity index (χ1n) is 11.1. The van der Waals surface area contributed by atoms with Gasteiger partial charge in [0.2, 0.25) is 0 Å². The van der Waals surface area contributed by atoms with E-state index < -0.39 is 5.91 Å². The molecule has 1 heterocycles. The fraction of sp³-hybridized carbons (Fsp3) is 0.107. The van der Waals surface area contributed by atoms with Gasteiger partial charge in [-0.1, -0.05) is 66.2 Å². The van der Waals surface area contributed by atoms with Crippen molar-refractivity contribution in [2.45, 2.75) is 13.5 Å². The van der Waals surface area contributed by atoms with Gasteiger partial charge in [0.15, 0.2) is 11.5 Å². The number of ether oxygens (including phenoxy) is 2. The molecule has 0 atom stereocenters. The minimum atomic E-state index is -0.391. The number of carbonyl (C=O) groups excluding carboxylic acids is 1. The third kappa shape index (κ3) is 6.45. The van der Waals surface area contributed by atoms with Crippen molar-refractivity contribution < 1.29 is 14.3 Å². The molecule has 0 spiro atoms. The van der Waals surface area contributed by atoms with Crippen molar-refractivity contribution >= 4 is 18.2 Å². The molecule has 0 radical (unpaired) electrons. The fourth-order valence-electron chi connectivity index (χ4n) is 3.29. The monoisotopic (exact) mass is 466 g/mol. The Labute approximate surface area is 204 Å². The van der Waals surface area contributed by atoms with Crippen molar-refractivity contribution in [1.29, 1.82) is 0 Å². The Kier molecular flexibility index (Phi) is 7.70. The Morgan fingerprint density at radius 3 is 2.60 bits per heavy atom. The number of aryl methyl sites for hydroxylation is 1. The number of nitrogens with one attached hydrogen (secondary N) is 2. The van der Waals surface area contributed by atoms with Crippen molar-refractivity contribution in [1.82, 2.24) is 15.6 Å². The highest BCUT2D eigenvalue weighted by Crippen LogP contribution is 2.32. The number of hydrogen-bond acceptors (Lipinski definition) is 5. The van der Waals surface area contributed by atoms with Crippen LogP contribution in [0.4, 0.5) is 0 Å². The molecule has 0 bridgehead atoms. The summed E-state index contributed by atoms with van der Waals surface area (Å²) in [7, 11) is 1.59. The van der Waals surface area contributed by atoms with Gasteiger partial charge in [0.25, 0.3) is 5.91 Å². The Morgan fingerprint density at radius 1 is 1.03 bits per heavy atom. The molecule has 1 aromatic heterocycles. The van der Waals surface area contributed by atoms with E-state index in [0.29, 0.717) is 29.5 Å². The first-order chi connectivity index (χ1) is 17.1. The molecule has 0 aliphatic rings. The maximum Gasteiger partial charge on any atom is 0.289 e. The summed E-state index contributed by atoms with van der Waals surface area (Å²) in [6, 6.07) is 25.2. The number of aromatic amines is 1. The Hall–Kier alpha value is -4.65. The number of amides is 1. The van der Waals surface area contributed by atoms with Gasteiger partial charge in [-0.05, 0) is 48.4 Å². The molecule has 4 rings (SSSR count). The fourth-order valence-corrected chi connectivity index (χ4v) is 3.29. The number of rotatable bonds is 9. The molecule has 0 aliphatic heterocycles. The number of aromatic nitrogens is 2. The number of hydrogen-bond donors (Lipinski definition) is 2. The number of H-pyrrole nitrogens is 1. The van der Waals surface area contributed by atoms with Crippen molar-refractivity contribution in [3.63, 3.8) is 0 Å². The second-order valence-corrected chi connectivity index (χ2v) is 7.80. The molecule has 3 aromatic carbocycles. The van der Waals surface area contributed by atoms with Crippen molar-refractivity contribution in [3.8, 4) is 22.8 Å². The summed E-state index contributed by atoms with van der Waals surface area (Å²) >= 11 is 0. The van der Waals surface area contributed by atoms with E-state index in [4.69, 9.17) is 9.47 Å².